The monoisotopic (exact) mass is 379 g/mol. The topological polar surface area (TPSA) is 110 Å². The van der Waals surface area contributed by atoms with Gasteiger partial charge in [0.05, 0.1) is 23.8 Å². The Morgan fingerprint density at radius 2 is 1.79 bits per heavy atom. The standard InChI is InChI=1S/C20H21N5O3/c1-25-11-16(9-23-25)15-6-14-7-18(22-10-17(14)21-8-15)24-19(26)12-2-4-13(5-3-12)20(27)28/h6-13H,2-5H2,1H3,(H,27,28)(H,22,24,26). The molecule has 1 amide bonds. The van der Waals surface area contributed by atoms with Crippen LogP contribution in [0.5, 0.6) is 0 Å². The third kappa shape index (κ3) is 3.71. The van der Waals surface area contributed by atoms with Gasteiger partial charge in [-0.2, -0.15) is 5.10 Å². The number of anilines is 1. The average molecular weight is 379 g/mol. The van der Waals surface area contributed by atoms with Gasteiger partial charge in [0.2, 0.25) is 5.91 Å². The number of amides is 1. The number of carbonyl (C=O) groups is 2. The smallest absolute Gasteiger partial charge is 0.306 e. The van der Waals surface area contributed by atoms with E-state index in [1.165, 1.54) is 0 Å². The summed E-state index contributed by atoms with van der Waals surface area (Å²) >= 11 is 0. The van der Waals surface area contributed by atoms with Crippen molar-refractivity contribution < 1.29 is 14.7 Å². The molecule has 0 saturated heterocycles. The predicted molar refractivity (Wildman–Crippen MR) is 103 cm³/mol. The van der Waals surface area contributed by atoms with E-state index >= 15 is 0 Å². The first kappa shape index (κ1) is 18.1. The summed E-state index contributed by atoms with van der Waals surface area (Å²) in [5.74, 6) is -0.908. The van der Waals surface area contributed by atoms with Gasteiger partial charge >= 0.3 is 5.97 Å². The number of nitrogens with zero attached hydrogens (tertiary/aromatic N) is 4. The van der Waals surface area contributed by atoms with Gasteiger partial charge in [-0.25, -0.2) is 4.98 Å². The highest BCUT2D eigenvalue weighted by atomic mass is 16.4. The number of carbonyl (C=O) groups excluding carboxylic acids is 1. The molecule has 0 unspecified atom stereocenters. The van der Waals surface area contributed by atoms with Crippen LogP contribution < -0.4 is 5.32 Å². The fourth-order valence-corrected chi connectivity index (χ4v) is 3.66. The average Bonchev–Trinajstić information content (AvgIpc) is 3.14. The lowest BCUT2D eigenvalue weighted by Gasteiger charge is -2.25. The molecule has 0 aliphatic heterocycles. The van der Waals surface area contributed by atoms with Gasteiger partial charge in [0.15, 0.2) is 0 Å². The Labute approximate surface area is 161 Å². The second-order valence-corrected chi connectivity index (χ2v) is 7.26. The van der Waals surface area contributed by atoms with E-state index in [0.29, 0.717) is 31.5 Å². The van der Waals surface area contributed by atoms with Crippen LogP contribution >= 0.6 is 0 Å². The summed E-state index contributed by atoms with van der Waals surface area (Å²) in [6, 6.07) is 3.80. The van der Waals surface area contributed by atoms with Gasteiger partial charge in [0, 0.05) is 41.9 Å². The van der Waals surface area contributed by atoms with Crippen molar-refractivity contribution >= 4 is 28.6 Å². The third-order valence-corrected chi connectivity index (χ3v) is 5.30. The SMILES string of the molecule is Cn1cc(-c2cnc3cnc(NC(=O)C4CCC(C(=O)O)CC4)cc3c2)cn1. The molecular weight excluding hydrogens is 358 g/mol. The number of nitrogens with one attached hydrogen (secondary N) is 1. The van der Waals surface area contributed by atoms with Crippen molar-refractivity contribution in [2.75, 3.05) is 5.32 Å². The molecule has 3 aromatic heterocycles. The van der Waals surface area contributed by atoms with Gasteiger partial charge in [-0.3, -0.25) is 19.3 Å². The minimum atomic E-state index is -0.771. The first-order valence-electron chi connectivity index (χ1n) is 9.28. The zero-order chi connectivity index (χ0) is 19.7. The lowest BCUT2D eigenvalue weighted by molar-refractivity contribution is -0.143. The zero-order valence-corrected chi connectivity index (χ0v) is 15.5. The minimum absolute atomic E-state index is 0.105. The molecular formula is C20H21N5O3. The van der Waals surface area contributed by atoms with E-state index in [-0.39, 0.29) is 17.7 Å². The highest BCUT2D eigenvalue weighted by Gasteiger charge is 2.29. The minimum Gasteiger partial charge on any atom is -0.481 e. The fourth-order valence-electron chi connectivity index (χ4n) is 3.66. The lowest BCUT2D eigenvalue weighted by Crippen LogP contribution is -2.29. The largest absolute Gasteiger partial charge is 0.481 e. The van der Waals surface area contributed by atoms with E-state index in [4.69, 9.17) is 5.11 Å². The second-order valence-electron chi connectivity index (χ2n) is 7.26. The number of aliphatic carboxylic acids is 1. The molecule has 8 heteroatoms. The molecule has 0 spiro atoms. The maximum absolute atomic E-state index is 12.5. The second kappa shape index (κ2) is 7.38. The van der Waals surface area contributed by atoms with E-state index in [9.17, 15) is 9.59 Å². The molecule has 4 rings (SSSR count). The lowest BCUT2D eigenvalue weighted by atomic mass is 9.81. The normalized spacial score (nSPS) is 19.5. The van der Waals surface area contributed by atoms with Gasteiger partial charge in [-0.15, -0.1) is 0 Å². The van der Waals surface area contributed by atoms with Crippen LogP contribution in [-0.4, -0.2) is 36.7 Å². The Balaban J connectivity index is 1.49. The number of fused-ring (bicyclic) bond motifs is 1. The van der Waals surface area contributed by atoms with E-state index in [0.717, 1.165) is 22.0 Å². The summed E-state index contributed by atoms with van der Waals surface area (Å²) in [5, 5.41) is 17.0. The van der Waals surface area contributed by atoms with Crippen molar-refractivity contribution in [1.82, 2.24) is 19.7 Å². The predicted octanol–water partition coefficient (Wildman–Crippen LogP) is 2.86. The van der Waals surface area contributed by atoms with Crippen LogP contribution in [0.1, 0.15) is 25.7 Å². The van der Waals surface area contributed by atoms with Gasteiger partial charge in [0.1, 0.15) is 5.82 Å². The van der Waals surface area contributed by atoms with Crippen LogP contribution in [0, 0.1) is 11.8 Å². The van der Waals surface area contributed by atoms with Gasteiger partial charge in [0.25, 0.3) is 0 Å². The van der Waals surface area contributed by atoms with Gasteiger partial charge in [-0.05, 0) is 37.8 Å². The maximum atomic E-state index is 12.5. The van der Waals surface area contributed by atoms with Crippen molar-refractivity contribution in [3.05, 3.63) is 36.9 Å². The Bertz CT molecular complexity index is 1040. The van der Waals surface area contributed by atoms with Crippen molar-refractivity contribution in [2.45, 2.75) is 25.7 Å². The molecule has 3 aromatic rings. The van der Waals surface area contributed by atoms with E-state index in [1.54, 1.807) is 23.3 Å². The number of hydrogen-bond acceptors (Lipinski definition) is 5. The number of hydrogen-bond donors (Lipinski definition) is 2. The van der Waals surface area contributed by atoms with Crippen molar-refractivity contribution in [1.29, 1.82) is 0 Å². The maximum Gasteiger partial charge on any atom is 0.306 e. The summed E-state index contributed by atoms with van der Waals surface area (Å²) < 4.78 is 1.73. The number of carboxylic acid groups (broad SMARTS) is 1. The van der Waals surface area contributed by atoms with Crippen LogP contribution in [0.2, 0.25) is 0 Å². The molecule has 1 aliphatic rings. The summed E-state index contributed by atoms with van der Waals surface area (Å²) in [7, 11) is 1.86. The Hall–Kier alpha value is -3.29. The van der Waals surface area contributed by atoms with Crippen LogP contribution in [0.25, 0.3) is 22.0 Å². The van der Waals surface area contributed by atoms with Crippen LogP contribution in [-0.2, 0) is 16.6 Å². The molecule has 2 N–H and O–H groups in total. The molecule has 0 bridgehead atoms. The molecule has 1 aliphatic carbocycles. The number of carboxylic acids is 1. The molecule has 1 fully saturated rings. The van der Waals surface area contributed by atoms with Crippen LogP contribution in [0.4, 0.5) is 5.82 Å². The van der Waals surface area contributed by atoms with Crippen molar-refractivity contribution in [3.8, 4) is 11.1 Å². The number of pyridine rings is 2. The quantitative estimate of drug-likeness (QED) is 0.721. The van der Waals surface area contributed by atoms with Crippen molar-refractivity contribution in [3.63, 3.8) is 0 Å². The fraction of sp³-hybridized carbons (Fsp3) is 0.350. The molecule has 0 aromatic carbocycles. The Morgan fingerprint density at radius 3 is 2.46 bits per heavy atom. The molecule has 28 heavy (non-hydrogen) atoms. The highest BCUT2D eigenvalue weighted by Crippen LogP contribution is 2.30. The number of rotatable bonds is 4. The zero-order valence-electron chi connectivity index (χ0n) is 15.5. The molecule has 0 radical (unpaired) electrons. The first-order chi connectivity index (χ1) is 13.5. The number of aryl methyl sites for hydroxylation is 1. The summed E-state index contributed by atoms with van der Waals surface area (Å²) in [6.45, 7) is 0. The number of aromatic nitrogens is 4. The van der Waals surface area contributed by atoms with Crippen molar-refractivity contribution in [2.24, 2.45) is 18.9 Å². The van der Waals surface area contributed by atoms with Gasteiger partial charge in [-0.1, -0.05) is 0 Å². The Morgan fingerprint density at radius 1 is 1.04 bits per heavy atom. The summed E-state index contributed by atoms with van der Waals surface area (Å²) in [4.78, 5) is 32.3. The molecule has 3 heterocycles. The molecule has 144 valence electrons. The van der Waals surface area contributed by atoms with E-state index < -0.39 is 5.97 Å². The molecule has 8 nitrogen and oxygen atoms in total. The summed E-state index contributed by atoms with van der Waals surface area (Å²) in [6.07, 6.45) is 9.36. The Kier molecular flexibility index (Phi) is 4.77. The van der Waals surface area contributed by atoms with E-state index in [2.05, 4.69) is 20.4 Å². The molecule has 1 saturated carbocycles. The van der Waals surface area contributed by atoms with Crippen LogP contribution in [0.15, 0.2) is 36.9 Å². The third-order valence-electron chi connectivity index (χ3n) is 5.30. The van der Waals surface area contributed by atoms with E-state index in [1.807, 2.05) is 25.4 Å². The van der Waals surface area contributed by atoms with Gasteiger partial charge < -0.3 is 10.4 Å². The first-order valence-corrected chi connectivity index (χ1v) is 9.28. The van der Waals surface area contributed by atoms with Crippen LogP contribution in [0.3, 0.4) is 0 Å². The summed E-state index contributed by atoms with van der Waals surface area (Å²) in [5.41, 5.74) is 2.65. The molecule has 0 atom stereocenters. The highest BCUT2D eigenvalue weighted by molar-refractivity contribution is 5.94.